The Hall–Kier alpha value is -0.300. The van der Waals surface area contributed by atoms with E-state index in [1.54, 1.807) is 5.57 Å². The van der Waals surface area contributed by atoms with Gasteiger partial charge in [0.2, 0.25) is 0 Å². The quantitative estimate of drug-likeness (QED) is 0.366. The molecule has 3 rings (SSSR count). The molecule has 1 saturated carbocycles. The summed E-state index contributed by atoms with van der Waals surface area (Å²) < 4.78 is 5.45. The SMILES string of the molecule is C1=C2C(CCC1)CC1OC21. The molecule has 54 valence electrons. The van der Waals surface area contributed by atoms with E-state index in [1.807, 2.05) is 0 Å². The predicted octanol–water partition coefficient (Wildman–Crippen LogP) is 1.88. The molecule has 1 heteroatoms. The van der Waals surface area contributed by atoms with E-state index in [1.165, 1.54) is 25.7 Å². The van der Waals surface area contributed by atoms with Gasteiger partial charge in [-0.1, -0.05) is 6.08 Å². The van der Waals surface area contributed by atoms with Crippen LogP contribution in [-0.4, -0.2) is 12.2 Å². The highest BCUT2D eigenvalue weighted by Gasteiger charge is 2.51. The van der Waals surface area contributed by atoms with Gasteiger partial charge in [-0.15, -0.1) is 0 Å². The van der Waals surface area contributed by atoms with Crippen LogP contribution in [0.2, 0.25) is 0 Å². The van der Waals surface area contributed by atoms with Crippen LogP contribution < -0.4 is 0 Å². The minimum absolute atomic E-state index is 0.588. The van der Waals surface area contributed by atoms with Crippen molar-refractivity contribution in [1.29, 1.82) is 0 Å². The third-order valence-electron chi connectivity index (χ3n) is 3.04. The van der Waals surface area contributed by atoms with Gasteiger partial charge in [0.15, 0.2) is 0 Å². The van der Waals surface area contributed by atoms with Gasteiger partial charge in [-0.2, -0.15) is 0 Å². The Kier molecular flexibility index (Phi) is 0.883. The summed E-state index contributed by atoms with van der Waals surface area (Å²) in [4.78, 5) is 0. The Morgan fingerprint density at radius 2 is 2.50 bits per heavy atom. The van der Waals surface area contributed by atoms with Crippen molar-refractivity contribution in [3.63, 3.8) is 0 Å². The molecule has 10 heavy (non-hydrogen) atoms. The van der Waals surface area contributed by atoms with Crippen LogP contribution in [0.15, 0.2) is 11.6 Å². The first-order chi connectivity index (χ1) is 4.95. The highest BCUT2D eigenvalue weighted by Crippen LogP contribution is 2.49. The number of hydrogen-bond donors (Lipinski definition) is 0. The largest absolute Gasteiger partial charge is 0.365 e. The minimum atomic E-state index is 0.588. The van der Waals surface area contributed by atoms with Crippen LogP contribution in [0, 0.1) is 5.92 Å². The van der Waals surface area contributed by atoms with Gasteiger partial charge in [0.1, 0.15) is 6.10 Å². The number of rotatable bonds is 0. The van der Waals surface area contributed by atoms with Crippen molar-refractivity contribution in [2.75, 3.05) is 0 Å². The average Bonchev–Trinajstić information content (AvgIpc) is 2.64. The molecule has 3 atom stereocenters. The second-order valence-electron chi connectivity index (χ2n) is 3.66. The van der Waals surface area contributed by atoms with E-state index in [9.17, 15) is 0 Å². The third kappa shape index (κ3) is 0.567. The molecule has 2 aliphatic carbocycles. The van der Waals surface area contributed by atoms with Gasteiger partial charge in [0.25, 0.3) is 0 Å². The van der Waals surface area contributed by atoms with Crippen LogP contribution in [0.3, 0.4) is 0 Å². The van der Waals surface area contributed by atoms with Crippen molar-refractivity contribution >= 4 is 0 Å². The Labute approximate surface area is 61.1 Å². The zero-order valence-corrected chi connectivity index (χ0v) is 6.05. The second-order valence-corrected chi connectivity index (χ2v) is 3.66. The van der Waals surface area contributed by atoms with Crippen molar-refractivity contribution in [1.82, 2.24) is 0 Å². The van der Waals surface area contributed by atoms with Crippen molar-refractivity contribution in [2.45, 2.75) is 37.9 Å². The van der Waals surface area contributed by atoms with Crippen molar-refractivity contribution < 1.29 is 4.74 Å². The molecular formula is C9H12O. The fourth-order valence-corrected chi connectivity index (χ4v) is 2.46. The van der Waals surface area contributed by atoms with Crippen LogP contribution >= 0.6 is 0 Å². The van der Waals surface area contributed by atoms with E-state index in [-0.39, 0.29) is 0 Å². The first-order valence-corrected chi connectivity index (χ1v) is 4.30. The Bertz CT molecular complexity index is 195. The van der Waals surface area contributed by atoms with E-state index in [0.29, 0.717) is 12.2 Å². The molecule has 0 aromatic rings. The Balaban J connectivity index is 1.95. The van der Waals surface area contributed by atoms with Crippen LogP contribution in [0.5, 0.6) is 0 Å². The molecule has 0 spiro atoms. The monoisotopic (exact) mass is 136 g/mol. The summed E-state index contributed by atoms with van der Waals surface area (Å²) in [6.45, 7) is 0. The maximum Gasteiger partial charge on any atom is 0.105 e. The molecule has 1 aliphatic heterocycles. The molecule has 1 heterocycles. The van der Waals surface area contributed by atoms with Crippen LogP contribution in [0.25, 0.3) is 0 Å². The lowest BCUT2D eigenvalue weighted by atomic mass is 9.90. The lowest BCUT2D eigenvalue weighted by molar-refractivity contribution is 0.303. The number of ether oxygens (including phenoxy) is 1. The van der Waals surface area contributed by atoms with Gasteiger partial charge in [-0.3, -0.25) is 0 Å². The highest BCUT2D eigenvalue weighted by molar-refractivity contribution is 5.28. The number of allylic oxidation sites excluding steroid dienone is 1. The molecule has 1 saturated heterocycles. The molecule has 0 radical (unpaired) electrons. The predicted molar refractivity (Wildman–Crippen MR) is 38.7 cm³/mol. The summed E-state index contributed by atoms with van der Waals surface area (Å²) in [6.07, 6.45) is 9.14. The van der Waals surface area contributed by atoms with Crippen molar-refractivity contribution in [3.05, 3.63) is 11.6 Å². The summed E-state index contributed by atoms with van der Waals surface area (Å²) in [7, 11) is 0. The molecule has 0 aromatic heterocycles. The van der Waals surface area contributed by atoms with Gasteiger partial charge in [0.05, 0.1) is 6.10 Å². The summed E-state index contributed by atoms with van der Waals surface area (Å²) >= 11 is 0. The van der Waals surface area contributed by atoms with E-state index in [4.69, 9.17) is 4.74 Å². The van der Waals surface area contributed by atoms with Crippen LogP contribution in [0.1, 0.15) is 25.7 Å². The molecular weight excluding hydrogens is 124 g/mol. The maximum absolute atomic E-state index is 5.45. The minimum Gasteiger partial charge on any atom is -0.365 e. The highest BCUT2D eigenvalue weighted by atomic mass is 16.6. The average molecular weight is 136 g/mol. The number of epoxide rings is 1. The Morgan fingerprint density at radius 1 is 1.50 bits per heavy atom. The van der Waals surface area contributed by atoms with Gasteiger partial charge in [-0.25, -0.2) is 0 Å². The zero-order valence-electron chi connectivity index (χ0n) is 6.05. The fraction of sp³-hybridized carbons (Fsp3) is 0.778. The zero-order chi connectivity index (χ0) is 6.55. The summed E-state index contributed by atoms with van der Waals surface area (Å²) in [6, 6.07) is 0. The van der Waals surface area contributed by atoms with Gasteiger partial charge in [-0.05, 0) is 37.2 Å². The molecule has 0 amide bonds. The van der Waals surface area contributed by atoms with Gasteiger partial charge < -0.3 is 4.74 Å². The Morgan fingerprint density at radius 3 is 3.40 bits per heavy atom. The lowest BCUT2D eigenvalue weighted by Gasteiger charge is -2.18. The van der Waals surface area contributed by atoms with E-state index < -0.39 is 0 Å². The first kappa shape index (κ1) is 5.36. The third-order valence-corrected chi connectivity index (χ3v) is 3.04. The smallest absolute Gasteiger partial charge is 0.105 e. The lowest BCUT2D eigenvalue weighted by Crippen LogP contribution is -2.07. The molecule has 0 N–H and O–H groups in total. The van der Waals surface area contributed by atoms with Crippen molar-refractivity contribution in [3.8, 4) is 0 Å². The molecule has 0 bridgehead atoms. The number of fused-ring (bicyclic) bond motifs is 3. The topological polar surface area (TPSA) is 12.5 Å². The molecule has 0 aromatic carbocycles. The summed E-state index contributed by atoms with van der Waals surface area (Å²) in [5.74, 6) is 0.928. The van der Waals surface area contributed by atoms with Crippen LogP contribution in [0.4, 0.5) is 0 Å². The van der Waals surface area contributed by atoms with E-state index >= 15 is 0 Å². The van der Waals surface area contributed by atoms with E-state index in [0.717, 1.165) is 5.92 Å². The fourth-order valence-electron chi connectivity index (χ4n) is 2.46. The molecule has 3 unspecified atom stereocenters. The normalized spacial score (nSPS) is 49.6. The van der Waals surface area contributed by atoms with Gasteiger partial charge >= 0.3 is 0 Å². The van der Waals surface area contributed by atoms with Crippen LogP contribution in [-0.2, 0) is 4.74 Å². The maximum atomic E-state index is 5.45. The molecule has 2 fully saturated rings. The van der Waals surface area contributed by atoms with Gasteiger partial charge in [0, 0.05) is 0 Å². The molecule has 3 aliphatic rings. The standard InChI is InChI=1S/C9H12O/c1-2-4-7-6(3-1)5-8-9(7)10-8/h4,6,8-9H,1-3,5H2. The van der Waals surface area contributed by atoms with Crippen molar-refractivity contribution in [2.24, 2.45) is 5.92 Å². The summed E-state index contributed by atoms with van der Waals surface area (Å²) in [5, 5.41) is 0. The first-order valence-electron chi connectivity index (χ1n) is 4.30. The second kappa shape index (κ2) is 1.65. The number of hydrogen-bond acceptors (Lipinski definition) is 1. The summed E-state index contributed by atoms with van der Waals surface area (Å²) in [5.41, 5.74) is 1.65. The molecule has 1 nitrogen and oxygen atoms in total. The van der Waals surface area contributed by atoms with E-state index in [2.05, 4.69) is 6.08 Å².